The number of likely N-dealkylation sites (tertiary alicyclic amines) is 1. The fraction of sp³-hybridized carbons (Fsp3) is 0.750. The molecular weight excluding hydrogens is 202 g/mol. The number of aryl methyl sites for hydroxylation is 1. The molecule has 0 bridgehead atoms. The Bertz CT molecular complexity index is 348. The summed E-state index contributed by atoms with van der Waals surface area (Å²) in [4.78, 5) is 6.96. The van der Waals surface area contributed by atoms with Crippen molar-refractivity contribution < 1.29 is 4.42 Å². The Morgan fingerprint density at radius 3 is 3.00 bits per heavy atom. The van der Waals surface area contributed by atoms with Crippen molar-refractivity contribution >= 4 is 0 Å². The molecule has 0 aliphatic carbocycles. The third-order valence-corrected chi connectivity index (χ3v) is 3.32. The molecule has 1 aromatic heterocycles. The van der Waals surface area contributed by atoms with Crippen molar-refractivity contribution in [1.29, 1.82) is 0 Å². The predicted molar refractivity (Wildman–Crippen MR) is 63.2 cm³/mol. The smallest absolute Gasteiger partial charge is 0.195 e. The fourth-order valence-electron chi connectivity index (χ4n) is 2.43. The molecule has 16 heavy (non-hydrogen) atoms. The first-order valence-electron chi connectivity index (χ1n) is 6.09. The van der Waals surface area contributed by atoms with Crippen LogP contribution < -0.4 is 5.73 Å². The Labute approximate surface area is 96.8 Å². The number of piperidine rings is 1. The highest BCUT2D eigenvalue weighted by atomic mass is 16.4. The van der Waals surface area contributed by atoms with Crippen LogP contribution in [0.1, 0.15) is 42.6 Å². The zero-order valence-electron chi connectivity index (χ0n) is 10.2. The highest BCUT2D eigenvalue weighted by Crippen LogP contribution is 2.31. The van der Waals surface area contributed by atoms with E-state index < -0.39 is 0 Å². The zero-order chi connectivity index (χ0) is 11.5. The molecule has 1 aliphatic heterocycles. The molecule has 1 unspecified atom stereocenters. The van der Waals surface area contributed by atoms with E-state index in [-0.39, 0.29) is 0 Å². The van der Waals surface area contributed by atoms with Gasteiger partial charge in [-0.1, -0.05) is 6.42 Å². The van der Waals surface area contributed by atoms with Gasteiger partial charge in [0, 0.05) is 13.0 Å². The lowest BCUT2D eigenvalue weighted by Crippen LogP contribution is -2.30. The summed E-state index contributed by atoms with van der Waals surface area (Å²) in [5, 5.41) is 0. The highest BCUT2D eigenvalue weighted by Gasteiger charge is 2.25. The molecule has 2 heterocycles. The standard InChI is InChI=1S/C12H21N3O/c1-9-12(14-11(16-9)6-7-13)10-5-3-4-8-15(10)2/h10H,3-8,13H2,1-2H3. The van der Waals surface area contributed by atoms with Crippen LogP contribution in [0.25, 0.3) is 0 Å². The van der Waals surface area contributed by atoms with Crippen molar-refractivity contribution in [3.8, 4) is 0 Å². The van der Waals surface area contributed by atoms with Crippen LogP contribution in [-0.2, 0) is 6.42 Å². The second-order valence-electron chi connectivity index (χ2n) is 4.58. The van der Waals surface area contributed by atoms with Gasteiger partial charge in [-0.2, -0.15) is 0 Å². The van der Waals surface area contributed by atoms with Crippen LogP contribution in [-0.4, -0.2) is 30.0 Å². The van der Waals surface area contributed by atoms with Crippen LogP contribution in [0, 0.1) is 6.92 Å². The van der Waals surface area contributed by atoms with Gasteiger partial charge in [-0.15, -0.1) is 0 Å². The van der Waals surface area contributed by atoms with Gasteiger partial charge in [0.15, 0.2) is 5.89 Å². The maximum Gasteiger partial charge on any atom is 0.195 e. The minimum Gasteiger partial charge on any atom is -0.446 e. The maximum absolute atomic E-state index is 5.64. The number of aromatic nitrogens is 1. The first kappa shape index (κ1) is 11.6. The third kappa shape index (κ3) is 2.28. The van der Waals surface area contributed by atoms with E-state index in [1.165, 1.54) is 19.3 Å². The number of nitrogens with zero attached hydrogens (tertiary/aromatic N) is 2. The van der Waals surface area contributed by atoms with Gasteiger partial charge in [-0.25, -0.2) is 4.98 Å². The lowest BCUT2D eigenvalue weighted by atomic mass is 9.99. The van der Waals surface area contributed by atoms with E-state index in [1.54, 1.807) is 0 Å². The van der Waals surface area contributed by atoms with Crippen molar-refractivity contribution in [2.75, 3.05) is 20.1 Å². The largest absolute Gasteiger partial charge is 0.446 e. The molecule has 0 aromatic carbocycles. The van der Waals surface area contributed by atoms with Crippen molar-refractivity contribution in [3.05, 3.63) is 17.3 Å². The summed E-state index contributed by atoms with van der Waals surface area (Å²) >= 11 is 0. The summed E-state index contributed by atoms with van der Waals surface area (Å²) in [6.07, 6.45) is 4.50. The average molecular weight is 223 g/mol. The molecule has 0 radical (unpaired) electrons. The molecule has 1 fully saturated rings. The summed E-state index contributed by atoms with van der Waals surface area (Å²) < 4.78 is 5.64. The molecule has 1 aromatic rings. The molecule has 0 amide bonds. The SMILES string of the molecule is Cc1oc(CCN)nc1C1CCCCN1C. The van der Waals surface area contributed by atoms with E-state index in [1.807, 2.05) is 6.92 Å². The summed E-state index contributed by atoms with van der Waals surface area (Å²) in [6, 6.07) is 0.434. The van der Waals surface area contributed by atoms with E-state index >= 15 is 0 Å². The van der Waals surface area contributed by atoms with E-state index in [0.717, 1.165) is 30.3 Å². The maximum atomic E-state index is 5.64. The van der Waals surface area contributed by atoms with E-state index in [0.29, 0.717) is 12.6 Å². The van der Waals surface area contributed by atoms with Crippen LogP contribution in [0.5, 0.6) is 0 Å². The van der Waals surface area contributed by atoms with Crippen molar-refractivity contribution in [1.82, 2.24) is 9.88 Å². The molecule has 0 spiro atoms. The molecule has 1 saturated heterocycles. The number of hydrogen-bond acceptors (Lipinski definition) is 4. The first-order chi connectivity index (χ1) is 7.72. The van der Waals surface area contributed by atoms with Crippen LogP contribution in [0.4, 0.5) is 0 Å². The van der Waals surface area contributed by atoms with Crippen LogP contribution in [0.2, 0.25) is 0 Å². The van der Waals surface area contributed by atoms with Gasteiger partial charge in [0.2, 0.25) is 0 Å². The Morgan fingerprint density at radius 1 is 1.50 bits per heavy atom. The van der Waals surface area contributed by atoms with Crippen molar-refractivity contribution in [3.63, 3.8) is 0 Å². The number of oxazole rings is 1. The van der Waals surface area contributed by atoms with E-state index in [4.69, 9.17) is 10.2 Å². The summed E-state index contributed by atoms with van der Waals surface area (Å²) in [7, 11) is 2.17. The quantitative estimate of drug-likeness (QED) is 0.846. The monoisotopic (exact) mass is 223 g/mol. The minimum atomic E-state index is 0.434. The lowest BCUT2D eigenvalue weighted by Gasteiger charge is -2.31. The normalized spacial score (nSPS) is 22.6. The molecule has 2 rings (SSSR count). The third-order valence-electron chi connectivity index (χ3n) is 3.32. The molecule has 90 valence electrons. The topological polar surface area (TPSA) is 55.3 Å². The Hall–Kier alpha value is -0.870. The number of rotatable bonds is 3. The van der Waals surface area contributed by atoms with Gasteiger partial charge >= 0.3 is 0 Å². The first-order valence-corrected chi connectivity index (χ1v) is 6.09. The van der Waals surface area contributed by atoms with E-state index in [2.05, 4.69) is 16.9 Å². The Kier molecular flexibility index (Phi) is 3.61. The second kappa shape index (κ2) is 4.97. The minimum absolute atomic E-state index is 0.434. The van der Waals surface area contributed by atoms with Gasteiger partial charge < -0.3 is 10.2 Å². The molecule has 0 saturated carbocycles. The molecule has 2 N–H and O–H groups in total. The summed E-state index contributed by atoms with van der Waals surface area (Å²) in [5.74, 6) is 1.75. The predicted octanol–water partition coefficient (Wildman–Crippen LogP) is 1.64. The van der Waals surface area contributed by atoms with Crippen LogP contribution >= 0.6 is 0 Å². The van der Waals surface area contributed by atoms with Gasteiger partial charge in [0.25, 0.3) is 0 Å². The van der Waals surface area contributed by atoms with Crippen molar-refractivity contribution in [2.45, 2.75) is 38.6 Å². The summed E-state index contributed by atoms with van der Waals surface area (Å²) in [5.41, 5.74) is 6.63. The molecule has 1 aliphatic rings. The molecule has 4 heteroatoms. The van der Waals surface area contributed by atoms with Gasteiger partial charge in [-0.3, -0.25) is 4.90 Å². The van der Waals surface area contributed by atoms with Gasteiger partial charge in [-0.05, 0) is 33.4 Å². The molecule has 1 atom stereocenters. The van der Waals surface area contributed by atoms with E-state index in [9.17, 15) is 0 Å². The molecular formula is C12H21N3O. The molecule has 4 nitrogen and oxygen atoms in total. The van der Waals surface area contributed by atoms with Crippen LogP contribution in [0.15, 0.2) is 4.42 Å². The Morgan fingerprint density at radius 2 is 2.31 bits per heavy atom. The average Bonchev–Trinajstić information content (AvgIpc) is 2.61. The summed E-state index contributed by atoms with van der Waals surface area (Å²) in [6.45, 7) is 3.76. The second-order valence-corrected chi connectivity index (χ2v) is 4.58. The number of hydrogen-bond donors (Lipinski definition) is 1. The Balaban J connectivity index is 2.18. The van der Waals surface area contributed by atoms with Gasteiger partial charge in [0.05, 0.1) is 11.7 Å². The fourth-order valence-corrected chi connectivity index (χ4v) is 2.43. The van der Waals surface area contributed by atoms with Crippen LogP contribution in [0.3, 0.4) is 0 Å². The lowest BCUT2D eigenvalue weighted by molar-refractivity contribution is 0.182. The van der Waals surface area contributed by atoms with Gasteiger partial charge in [0.1, 0.15) is 5.76 Å². The van der Waals surface area contributed by atoms with Crippen molar-refractivity contribution in [2.24, 2.45) is 5.73 Å². The zero-order valence-corrected chi connectivity index (χ0v) is 10.2. The number of nitrogens with two attached hydrogens (primary N) is 1. The highest BCUT2D eigenvalue weighted by molar-refractivity contribution is 5.14.